The quantitative estimate of drug-likeness (QED) is 0.693. The zero-order valence-electron chi connectivity index (χ0n) is 14.6. The van der Waals surface area contributed by atoms with Crippen LogP contribution in [0.15, 0.2) is 65.7 Å². The van der Waals surface area contributed by atoms with Crippen LogP contribution in [-0.2, 0) is 22.6 Å². The lowest BCUT2D eigenvalue weighted by Gasteiger charge is -2.09. The van der Waals surface area contributed by atoms with Crippen LogP contribution in [0.2, 0.25) is 0 Å². The van der Waals surface area contributed by atoms with Crippen LogP contribution in [0.3, 0.4) is 0 Å². The van der Waals surface area contributed by atoms with E-state index < -0.39 is 6.09 Å². The van der Waals surface area contributed by atoms with Crippen LogP contribution in [0.5, 0.6) is 0 Å². The number of benzene rings is 2. The first-order valence-corrected chi connectivity index (χ1v) is 8.42. The molecular weight excluding hydrogens is 314 g/mol. The Labute approximate surface area is 148 Å². The molecule has 0 heterocycles. The topological polar surface area (TPSA) is 55.7 Å². The number of ether oxygens (including phenoxy) is 1. The summed E-state index contributed by atoms with van der Waals surface area (Å²) in [6.45, 7) is 3.75. The highest BCUT2D eigenvalue weighted by Crippen LogP contribution is 2.09. The fourth-order valence-corrected chi connectivity index (χ4v) is 2.34. The smallest absolute Gasteiger partial charge is 0.434 e. The van der Waals surface area contributed by atoms with Gasteiger partial charge in [-0.05, 0) is 24.0 Å². The summed E-state index contributed by atoms with van der Waals surface area (Å²) in [5.74, 6) is -0.330. The minimum atomic E-state index is -0.721. The summed E-state index contributed by atoms with van der Waals surface area (Å²) in [7, 11) is 0. The van der Waals surface area contributed by atoms with Crippen LogP contribution >= 0.6 is 0 Å². The number of aliphatic imine (C=N–C) groups is 1. The Hall–Kier alpha value is -2.75. The Kier molecular flexibility index (Phi) is 7.08. The van der Waals surface area contributed by atoms with E-state index >= 15 is 0 Å². The summed E-state index contributed by atoms with van der Waals surface area (Å²) in [5, 5.41) is 0. The van der Waals surface area contributed by atoms with Gasteiger partial charge in [-0.3, -0.25) is 4.79 Å². The number of nitrogens with zero attached hydrogens (tertiary/aromatic N) is 1. The fraction of sp³-hybridized carbons (Fsp3) is 0.286. The summed E-state index contributed by atoms with van der Waals surface area (Å²) in [5.41, 5.74) is 2.26. The molecule has 0 atom stereocenters. The molecule has 0 aliphatic heterocycles. The molecule has 2 aromatic rings. The number of rotatable bonds is 7. The van der Waals surface area contributed by atoms with Crippen molar-refractivity contribution >= 4 is 17.6 Å². The van der Waals surface area contributed by atoms with E-state index in [1.807, 2.05) is 60.7 Å². The number of aryl methyl sites for hydroxylation is 1. The first-order valence-electron chi connectivity index (χ1n) is 8.42. The molecule has 0 aromatic heterocycles. The van der Waals surface area contributed by atoms with Crippen molar-refractivity contribution < 1.29 is 14.3 Å². The lowest BCUT2D eigenvalue weighted by Crippen LogP contribution is -2.22. The summed E-state index contributed by atoms with van der Waals surface area (Å²) in [6.07, 6.45) is 0.354. The number of carbonyl (C=O) groups is 2. The summed E-state index contributed by atoms with van der Waals surface area (Å²) in [4.78, 5) is 28.3. The number of ketones is 1. The molecule has 0 spiro atoms. The van der Waals surface area contributed by atoms with E-state index in [9.17, 15) is 9.59 Å². The maximum absolute atomic E-state index is 12.3. The fourth-order valence-electron chi connectivity index (χ4n) is 2.34. The van der Waals surface area contributed by atoms with E-state index in [1.54, 1.807) is 13.8 Å². The zero-order valence-corrected chi connectivity index (χ0v) is 14.6. The Morgan fingerprint density at radius 1 is 0.920 bits per heavy atom. The van der Waals surface area contributed by atoms with Crippen molar-refractivity contribution in [3.8, 4) is 0 Å². The van der Waals surface area contributed by atoms with E-state index in [2.05, 4.69) is 4.99 Å². The summed E-state index contributed by atoms with van der Waals surface area (Å²) in [6, 6.07) is 19.2. The van der Waals surface area contributed by atoms with Crippen LogP contribution in [0.25, 0.3) is 0 Å². The van der Waals surface area contributed by atoms with E-state index in [0.29, 0.717) is 12.8 Å². The van der Waals surface area contributed by atoms with Gasteiger partial charge in [0.15, 0.2) is 5.78 Å². The lowest BCUT2D eigenvalue weighted by atomic mass is 9.99. The van der Waals surface area contributed by atoms with Crippen molar-refractivity contribution in [2.75, 3.05) is 0 Å². The van der Waals surface area contributed by atoms with Gasteiger partial charge in [-0.1, -0.05) is 74.5 Å². The van der Waals surface area contributed by atoms with E-state index in [1.165, 1.54) is 0 Å². The molecule has 4 heteroatoms. The number of carbonyl (C=O) groups excluding carboxylic acids is 2. The van der Waals surface area contributed by atoms with Gasteiger partial charge in [0.05, 0.1) is 5.71 Å². The molecule has 0 aliphatic carbocycles. The third-order valence-electron chi connectivity index (χ3n) is 3.73. The van der Waals surface area contributed by atoms with E-state index in [4.69, 9.17) is 4.74 Å². The second kappa shape index (κ2) is 9.52. The van der Waals surface area contributed by atoms with Gasteiger partial charge < -0.3 is 4.74 Å². The van der Waals surface area contributed by atoms with Gasteiger partial charge in [-0.2, -0.15) is 4.99 Å². The third kappa shape index (κ3) is 6.34. The van der Waals surface area contributed by atoms with Crippen molar-refractivity contribution in [3.63, 3.8) is 0 Å². The van der Waals surface area contributed by atoms with Gasteiger partial charge in [0.2, 0.25) is 0 Å². The lowest BCUT2D eigenvalue weighted by molar-refractivity contribution is -0.115. The molecule has 0 aliphatic rings. The van der Waals surface area contributed by atoms with Crippen LogP contribution in [0.4, 0.5) is 4.79 Å². The molecule has 130 valence electrons. The molecule has 0 N–H and O–H groups in total. The molecule has 0 saturated carbocycles. The van der Waals surface area contributed by atoms with Crippen LogP contribution in [0, 0.1) is 5.92 Å². The molecule has 0 saturated heterocycles. The number of amides is 1. The van der Waals surface area contributed by atoms with Crippen molar-refractivity contribution in [2.45, 2.75) is 33.3 Å². The van der Waals surface area contributed by atoms with Gasteiger partial charge in [0.1, 0.15) is 6.61 Å². The largest absolute Gasteiger partial charge is 0.443 e. The average molecular weight is 337 g/mol. The van der Waals surface area contributed by atoms with Gasteiger partial charge in [0, 0.05) is 5.92 Å². The second-order valence-electron chi connectivity index (χ2n) is 6.10. The van der Waals surface area contributed by atoms with Crippen LogP contribution in [0.1, 0.15) is 31.4 Å². The SMILES string of the molecule is CC(C)C(=O)C(CCc1ccccc1)=NC(=O)OCc1ccccc1. The van der Waals surface area contributed by atoms with Crippen LogP contribution in [-0.4, -0.2) is 17.6 Å². The molecule has 2 rings (SSSR count). The summed E-state index contributed by atoms with van der Waals surface area (Å²) < 4.78 is 5.16. The third-order valence-corrected chi connectivity index (χ3v) is 3.73. The number of hydrogen-bond acceptors (Lipinski definition) is 3. The van der Waals surface area contributed by atoms with Gasteiger partial charge in [-0.25, -0.2) is 4.79 Å². The first-order chi connectivity index (χ1) is 12.1. The molecule has 1 amide bonds. The molecule has 25 heavy (non-hydrogen) atoms. The Balaban J connectivity index is 2.01. The maximum atomic E-state index is 12.3. The summed E-state index contributed by atoms with van der Waals surface area (Å²) >= 11 is 0. The van der Waals surface area contributed by atoms with Crippen molar-refractivity contribution in [1.29, 1.82) is 0 Å². The highest BCUT2D eigenvalue weighted by molar-refractivity contribution is 6.41. The minimum absolute atomic E-state index is 0.118. The predicted octanol–water partition coefficient (Wildman–Crippen LogP) is 4.62. The van der Waals surface area contributed by atoms with E-state index in [0.717, 1.165) is 11.1 Å². The second-order valence-corrected chi connectivity index (χ2v) is 6.10. The maximum Gasteiger partial charge on any atom is 0.434 e. The highest BCUT2D eigenvalue weighted by atomic mass is 16.5. The van der Waals surface area contributed by atoms with Crippen LogP contribution < -0.4 is 0 Å². The Bertz CT molecular complexity index is 721. The zero-order chi connectivity index (χ0) is 18.1. The number of Topliss-reactive ketones (excluding diaryl/α,β-unsaturated/α-hetero) is 1. The Morgan fingerprint density at radius 2 is 1.48 bits per heavy atom. The molecular formula is C21H23NO3. The van der Waals surface area contributed by atoms with Gasteiger partial charge in [-0.15, -0.1) is 0 Å². The standard InChI is InChI=1S/C21H23NO3/c1-16(2)20(23)19(14-13-17-9-5-3-6-10-17)22-21(24)25-15-18-11-7-4-8-12-18/h3-12,16H,13-15H2,1-2H3. The molecule has 0 fully saturated rings. The molecule has 0 unspecified atom stereocenters. The first kappa shape index (κ1) is 18.6. The van der Waals surface area contributed by atoms with Crippen molar-refractivity contribution in [3.05, 3.63) is 71.8 Å². The van der Waals surface area contributed by atoms with Gasteiger partial charge in [0.25, 0.3) is 0 Å². The number of hydrogen-bond donors (Lipinski definition) is 0. The molecule has 4 nitrogen and oxygen atoms in total. The minimum Gasteiger partial charge on any atom is -0.443 e. The normalized spacial score (nSPS) is 11.4. The van der Waals surface area contributed by atoms with Crippen molar-refractivity contribution in [2.24, 2.45) is 10.9 Å². The Morgan fingerprint density at radius 3 is 2.04 bits per heavy atom. The van der Waals surface area contributed by atoms with Gasteiger partial charge >= 0.3 is 6.09 Å². The predicted molar refractivity (Wildman–Crippen MR) is 98.7 cm³/mol. The average Bonchev–Trinajstić information content (AvgIpc) is 2.64. The monoisotopic (exact) mass is 337 g/mol. The molecule has 2 aromatic carbocycles. The molecule has 0 bridgehead atoms. The van der Waals surface area contributed by atoms with E-state index in [-0.39, 0.29) is 24.0 Å². The van der Waals surface area contributed by atoms with Crippen molar-refractivity contribution in [1.82, 2.24) is 0 Å². The highest BCUT2D eigenvalue weighted by Gasteiger charge is 2.17. The molecule has 0 radical (unpaired) electrons.